The van der Waals surface area contributed by atoms with Crippen LogP contribution in [0.15, 0.2) is 36.5 Å². The second kappa shape index (κ2) is 7.85. The number of halogens is 2. The van der Waals surface area contributed by atoms with Gasteiger partial charge in [-0.15, -0.1) is 0 Å². The summed E-state index contributed by atoms with van der Waals surface area (Å²) < 4.78 is 32.9. The van der Waals surface area contributed by atoms with Crippen LogP contribution in [0.1, 0.15) is 23.2 Å². The van der Waals surface area contributed by atoms with E-state index >= 15 is 0 Å². The predicted octanol–water partition coefficient (Wildman–Crippen LogP) is 2.60. The summed E-state index contributed by atoms with van der Waals surface area (Å²) in [6.07, 6.45) is -1.04. The first-order valence-electron chi connectivity index (χ1n) is 6.78. The van der Waals surface area contributed by atoms with Crippen LogP contribution in [0, 0.1) is 0 Å². The highest BCUT2D eigenvalue weighted by molar-refractivity contribution is 5.22. The first kappa shape index (κ1) is 15.6. The molecule has 1 heterocycles. The molecule has 0 fully saturated rings. The van der Waals surface area contributed by atoms with E-state index in [2.05, 4.69) is 10.4 Å². The smallest absolute Gasteiger partial charge is 0.280 e. The SMILES string of the molecule is COCCNCc1cnn(Cc2ccccc2)c1C(F)F. The van der Waals surface area contributed by atoms with Crippen LogP contribution in [0.3, 0.4) is 0 Å². The van der Waals surface area contributed by atoms with Crippen LogP contribution in [-0.2, 0) is 17.8 Å². The molecule has 0 atom stereocenters. The van der Waals surface area contributed by atoms with Gasteiger partial charge in [0.2, 0.25) is 0 Å². The maximum atomic E-state index is 13.3. The van der Waals surface area contributed by atoms with E-state index in [9.17, 15) is 8.78 Å². The van der Waals surface area contributed by atoms with Crippen molar-refractivity contribution < 1.29 is 13.5 Å². The molecule has 0 bridgehead atoms. The van der Waals surface area contributed by atoms with Crippen molar-refractivity contribution in [1.82, 2.24) is 15.1 Å². The second-order valence-electron chi connectivity index (χ2n) is 4.67. The van der Waals surface area contributed by atoms with Gasteiger partial charge in [-0.3, -0.25) is 4.68 Å². The van der Waals surface area contributed by atoms with Crippen LogP contribution in [0.2, 0.25) is 0 Å². The van der Waals surface area contributed by atoms with E-state index in [0.29, 0.717) is 31.8 Å². The molecule has 1 N–H and O–H groups in total. The summed E-state index contributed by atoms with van der Waals surface area (Å²) in [5, 5.41) is 7.16. The van der Waals surface area contributed by atoms with Crippen LogP contribution in [-0.4, -0.2) is 30.0 Å². The van der Waals surface area contributed by atoms with Gasteiger partial charge in [0.25, 0.3) is 6.43 Å². The summed E-state index contributed by atoms with van der Waals surface area (Å²) >= 11 is 0. The molecule has 2 rings (SSSR count). The Morgan fingerprint density at radius 1 is 1.29 bits per heavy atom. The molecule has 1 aromatic heterocycles. The molecule has 6 heteroatoms. The lowest BCUT2D eigenvalue weighted by Crippen LogP contribution is -2.19. The Kier molecular flexibility index (Phi) is 5.83. The fourth-order valence-electron chi connectivity index (χ4n) is 2.10. The van der Waals surface area contributed by atoms with Crippen LogP contribution in [0.25, 0.3) is 0 Å². The van der Waals surface area contributed by atoms with Gasteiger partial charge in [-0.25, -0.2) is 8.78 Å². The molecule has 0 spiro atoms. The monoisotopic (exact) mass is 295 g/mol. The number of alkyl halides is 2. The van der Waals surface area contributed by atoms with Crippen molar-refractivity contribution in [1.29, 1.82) is 0 Å². The lowest BCUT2D eigenvalue weighted by atomic mass is 10.2. The highest BCUT2D eigenvalue weighted by Gasteiger charge is 2.19. The highest BCUT2D eigenvalue weighted by Crippen LogP contribution is 2.23. The van der Waals surface area contributed by atoms with E-state index in [1.54, 1.807) is 7.11 Å². The van der Waals surface area contributed by atoms with Crippen molar-refractivity contribution in [2.75, 3.05) is 20.3 Å². The Morgan fingerprint density at radius 2 is 2.05 bits per heavy atom. The van der Waals surface area contributed by atoms with Crippen molar-refractivity contribution in [2.45, 2.75) is 19.5 Å². The van der Waals surface area contributed by atoms with Crippen molar-refractivity contribution in [3.05, 3.63) is 53.3 Å². The number of hydrogen-bond donors (Lipinski definition) is 1. The Balaban J connectivity index is 2.09. The molecule has 114 valence electrons. The van der Waals surface area contributed by atoms with Crippen LogP contribution in [0.5, 0.6) is 0 Å². The van der Waals surface area contributed by atoms with Gasteiger partial charge >= 0.3 is 0 Å². The van der Waals surface area contributed by atoms with Crippen LogP contribution in [0.4, 0.5) is 8.78 Å². The van der Waals surface area contributed by atoms with Gasteiger partial charge < -0.3 is 10.1 Å². The molecule has 4 nitrogen and oxygen atoms in total. The molecule has 0 aliphatic rings. The third kappa shape index (κ3) is 4.34. The summed E-state index contributed by atoms with van der Waals surface area (Å²) in [7, 11) is 1.60. The first-order chi connectivity index (χ1) is 10.2. The van der Waals surface area contributed by atoms with E-state index in [4.69, 9.17) is 4.74 Å². The Labute approximate surface area is 122 Å². The average Bonchev–Trinajstić information content (AvgIpc) is 2.87. The molecule has 0 saturated carbocycles. The summed E-state index contributed by atoms with van der Waals surface area (Å²) in [4.78, 5) is 0. The number of rotatable bonds is 8. The summed E-state index contributed by atoms with van der Waals surface area (Å²) in [6.45, 7) is 1.86. The standard InChI is InChI=1S/C15H19F2N3O/c1-21-8-7-18-9-13-10-19-20(14(13)15(16)17)11-12-5-3-2-4-6-12/h2-6,10,15,18H,7-9,11H2,1H3. The van der Waals surface area contributed by atoms with Gasteiger partial charge in [-0.1, -0.05) is 30.3 Å². The van der Waals surface area contributed by atoms with Crippen LogP contribution >= 0.6 is 0 Å². The number of nitrogens with one attached hydrogen (secondary N) is 1. The van der Waals surface area contributed by atoms with Gasteiger partial charge in [0.15, 0.2) is 0 Å². The number of benzene rings is 1. The molecule has 2 aromatic rings. The van der Waals surface area contributed by atoms with Gasteiger partial charge in [0.1, 0.15) is 5.69 Å². The van der Waals surface area contributed by atoms with Gasteiger partial charge in [0, 0.05) is 25.8 Å². The maximum Gasteiger partial charge on any atom is 0.280 e. The summed E-state index contributed by atoms with van der Waals surface area (Å²) in [6, 6.07) is 9.45. The van der Waals surface area contributed by atoms with Crippen molar-refractivity contribution >= 4 is 0 Å². The van der Waals surface area contributed by atoms with Gasteiger partial charge in [0.05, 0.1) is 19.3 Å². The molecule has 21 heavy (non-hydrogen) atoms. The minimum atomic E-state index is -2.55. The first-order valence-corrected chi connectivity index (χ1v) is 6.78. The molecule has 0 radical (unpaired) electrons. The van der Waals surface area contributed by atoms with Gasteiger partial charge in [-0.05, 0) is 5.56 Å². The Bertz CT molecular complexity index is 543. The van der Waals surface area contributed by atoms with Gasteiger partial charge in [-0.2, -0.15) is 5.10 Å². The molecular weight excluding hydrogens is 276 g/mol. The predicted molar refractivity (Wildman–Crippen MR) is 76.3 cm³/mol. The molecule has 0 aliphatic heterocycles. The zero-order chi connectivity index (χ0) is 15.1. The highest BCUT2D eigenvalue weighted by atomic mass is 19.3. The molecule has 0 aliphatic carbocycles. The van der Waals surface area contributed by atoms with E-state index in [1.807, 2.05) is 30.3 Å². The largest absolute Gasteiger partial charge is 0.383 e. The van der Waals surface area contributed by atoms with E-state index in [0.717, 1.165) is 5.56 Å². The average molecular weight is 295 g/mol. The topological polar surface area (TPSA) is 39.1 Å². The number of methoxy groups -OCH3 is 1. The van der Waals surface area contributed by atoms with E-state index in [1.165, 1.54) is 10.9 Å². The molecule has 0 saturated heterocycles. The minimum absolute atomic E-state index is 0.0243. The zero-order valence-corrected chi connectivity index (χ0v) is 11.9. The molecule has 0 unspecified atom stereocenters. The normalized spacial score (nSPS) is 11.2. The van der Waals surface area contributed by atoms with Crippen molar-refractivity contribution in [3.8, 4) is 0 Å². The summed E-state index contributed by atoms with van der Waals surface area (Å²) in [5.74, 6) is 0. The number of hydrogen-bond acceptors (Lipinski definition) is 3. The van der Waals surface area contributed by atoms with Crippen molar-refractivity contribution in [2.24, 2.45) is 0 Å². The Hall–Kier alpha value is -1.79. The van der Waals surface area contributed by atoms with Crippen LogP contribution < -0.4 is 5.32 Å². The molecule has 0 amide bonds. The second-order valence-corrected chi connectivity index (χ2v) is 4.67. The minimum Gasteiger partial charge on any atom is -0.383 e. The third-order valence-electron chi connectivity index (χ3n) is 3.14. The van der Waals surface area contributed by atoms with E-state index < -0.39 is 6.43 Å². The maximum absolute atomic E-state index is 13.3. The molecule has 1 aromatic carbocycles. The number of aromatic nitrogens is 2. The van der Waals surface area contributed by atoms with E-state index in [-0.39, 0.29) is 5.69 Å². The quantitative estimate of drug-likeness (QED) is 0.761. The summed E-state index contributed by atoms with van der Waals surface area (Å²) in [5.41, 5.74) is 1.45. The number of nitrogens with zero attached hydrogens (tertiary/aromatic N) is 2. The lowest BCUT2D eigenvalue weighted by Gasteiger charge is -2.09. The Morgan fingerprint density at radius 3 is 2.71 bits per heavy atom. The molecular formula is C15H19F2N3O. The number of ether oxygens (including phenoxy) is 1. The lowest BCUT2D eigenvalue weighted by molar-refractivity contribution is 0.138. The third-order valence-corrected chi connectivity index (χ3v) is 3.14. The fraction of sp³-hybridized carbons (Fsp3) is 0.400. The zero-order valence-electron chi connectivity index (χ0n) is 11.9. The van der Waals surface area contributed by atoms with Crippen molar-refractivity contribution in [3.63, 3.8) is 0 Å². The fourth-order valence-corrected chi connectivity index (χ4v) is 2.10.